The summed E-state index contributed by atoms with van der Waals surface area (Å²) in [6.07, 6.45) is 0. The molecule has 2 rings (SSSR count). The molecule has 0 fully saturated rings. The Morgan fingerprint density at radius 3 is 2.19 bits per heavy atom. The van der Waals surface area contributed by atoms with Crippen LogP contribution in [0.15, 0.2) is 36.4 Å². The second-order valence-electron chi connectivity index (χ2n) is 5.87. The van der Waals surface area contributed by atoms with Crippen molar-refractivity contribution in [2.24, 2.45) is 0 Å². The first kappa shape index (κ1) is 15.3. The highest BCUT2D eigenvalue weighted by Crippen LogP contribution is 2.20. The molecule has 2 nitrogen and oxygen atoms in total. The Morgan fingerprint density at radius 2 is 1.52 bits per heavy atom. The normalized spacial score (nSPS) is 12.0. The van der Waals surface area contributed by atoms with Crippen molar-refractivity contribution in [3.05, 3.63) is 69.8 Å². The molecule has 1 atom stereocenters. The maximum absolute atomic E-state index is 12.5. The van der Waals surface area contributed by atoms with Crippen LogP contribution >= 0.6 is 0 Å². The van der Waals surface area contributed by atoms with Gasteiger partial charge in [-0.1, -0.05) is 41.5 Å². The Labute approximate surface area is 127 Å². The molecule has 0 aliphatic rings. The van der Waals surface area contributed by atoms with E-state index in [0.29, 0.717) is 0 Å². The predicted molar refractivity (Wildman–Crippen MR) is 87.7 cm³/mol. The molecule has 0 heterocycles. The Balaban J connectivity index is 2.20. The summed E-state index contributed by atoms with van der Waals surface area (Å²) >= 11 is 0. The molecule has 0 aliphatic heterocycles. The zero-order valence-corrected chi connectivity index (χ0v) is 13.4. The van der Waals surface area contributed by atoms with E-state index >= 15 is 0 Å². The van der Waals surface area contributed by atoms with Crippen LogP contribution in [0.3, 0.4) is 0 Å². The van der Waals surface area contributed by atoms with Gasteiger partial charge >= 0.3 is 0 Å². The molecular weight excluding hydrogens is 258 g/mol. The molecule has 2 aromatic carbocycles. The lowest BCUT2D eigenvalue weighted by Gasteiger charge is -2.18. The molecule has 0 bridgehead atoms. The zero-order chi connectivity index (χ0) is 15.6. The van der Waals surface area contributed by atoms with Gasteiger partial charge in [0, 0.05) is 5.56 Å². The average molecular weight is 281 g/mol. The Hall–Kier alpha value is -2.09. The molecule has 0 aliphatic carbocycles. The SMILES string of the molecule is Cc1ccc(C(C)NC(=O)c2cc(C)ccc2C)c(C)c1. The van der Waals surface area contributed by atoms with Crippen LogP contribution in [-0.2, 0) is 0 Å². The van der Waals surface area contributed by atoms with Gasteiger partial charge in [0.05, 0.1) is 6.04 Å². The lowest BCUT2D eigenvalue weighted by Crippen LogP contribution is -2.27. The lowest BCUT2D eigenvalue weighted by molar-refractivity contribution is 0.0939. The number of amides is 1. The van der Waals surface area contributed by atoms with E-state index in [4.69, 9.17) is 0 Å². The summed E-state index contributed by atoms with van der Waals surface area (Å²) in [5, 5.41) is 3.10. The highest BCUT2D eigenvalue weighted by molar-refractivity contribution is 5.96. The first-order valence-corrected chi connectivity index (χ1v) is 7.33. The van der Waals surface area contributed by atoms with Gasteiger partial charge in [0.25, 0.3) is 5.91 Å². The number of rotatable bonds is 3. The highest BCUT2D eigenvalue weighted by atomic mass is 16.1. The quantitative estimate of drug-likeness (QED) is 0.887. The molecule has 0 spiro atoms. The maximum Gasteiger partial charge on any atom is 0.252 e. The number of hydrogen-bond donors (Lipinski definition) is 1. The number of carbonyl (C=O) groups excluding carboxylic acids is 1. The van der Waals surface area contributed by atoms with E-state index in [1.165, 1.54) is 16.7 Å². The molecular formula is C19H23NO. The second-order valence-corrected chi connectivity index (χ2v) is 5.87. The number of hydrogen-bond acceptors (Lipinski definition) is 1. The van der Waals surface area contributed by atoms with Crippen LogP contribution in [0.4, 0.5) is 0 Å². The fourth-order valence-electron chi connectivity index (χ4n) is 2.64. The summed E-state index contributed by atoms with van der Waals surface area (Å²) in [5.41, 5.74) is 6.48. The topological polar surface area (TPSA) is 29.1 Å². The number of carbonyl (C=O) groups is 1. The van der Waals surface area contributed by atoms with Gasteiger partial charge in [0.2, 0.25) is 0 Å². The molecule has 1 N–H and O–H groups in total. The van der Waals surface area contributed by atoms with Gasteiger partial charge in [0.15, 0.2) is 0 Å². The molecule has 0 radical (unpaired) electrons. The minimum Gasteiger partial charge on any atom is -0.345 e. The zero-order valence-electron chi connectivity index (χ0n) is 13.4. The molecule has 1 amide bonds. The van der Waals surface area contributed by atoms with E-state index < -0.39 is 0 Å². The van der Waals surface area contributed by atoms with Crippen LogP contribution < -0.4 is 5.32 Å². The van der Waals surface area contributed by atoms with Crippen LogP contribution in [-0.4, -0.2) is 5.91 Å². The van der Waals surface area contributed by atoms with Gasteiger partial charge in [-0.25, -0.2) is 0 Å². The third-order valence-electron chi connectivity index (χ3n) is 3.88. The molecule has 1 unspecified atom stereocenters. The molecule has 110 valence electrons. The Kier molecular flexibility index (Phi) is 4.46. The van der Waals surface area contributed by atoms with Crippen molar-refractivity contribution in [3.63, 3.8) is 0 Å². The standard InChI is InChI=1S/C19H23NO/c1-12-7-9-17(15(4)10-12)16(5)20-19(21)18-11-13(2)6-8-14(18)3/h6-11,16H,1-5H3,(H,20,21). The van der Waals surface area contributed by atoms with Crippen LogP contribution in [0, 0.1) is 27.7 Å². The summed E-state index contributed by atoms with van der Waals surface area (Å²) in [4.78, 5) is 12.5. The summed E-state index contributed by atoms with van der Waals surface area (Å²) in [6.45, 7) is 10.2. The van der Waals surface area contributed by atoms with Crippen LogP contribution in [0.1, 0.15) is 51.1 Å². The largest absolute Gasteiger partial charge is 0.345 e. The lowest BCUT2D eigenvalue weighted by atomic mass is 9.99. The summed E-state index contributed by atoms with van der Waals surface area (Å²) in [7, 11) is 0. The molecule has 0 aromatic heterocycles. The summed E-state index contributed by atoms with van der Waals surface area (Å²) < 4.78 is 0. The summed E-state index contributed by atoms with van der Waals surface area (Å²) in [6, 6.07) is 12.3. The van der Waals surface area contributed by atoms with Gasteiger partial charge in [-0.2, -0.15) is 0 Å². The first-order valence-electron chi connectivity index (χ1n) is 7.33. The molecule has 21 heavy (non-hydrogen) atoms. The highest BCUT2D eigenvalue weighted by Gasteiger charge is 2.14. The van der Waals surface area contributed by atoms with Gasteiger partial charge in [0.1, 0.15) is 0 Å². The van der Waals surface area contributed by atoms with E-state index in [9.17, 15) is 4.79 Å². The first-order chi connectivity index (χ1) is 9.88. The average Bonchev–Trinajstić information content (AvgIpc) is 2.41. The minimum atomic E-state index is -0.0105. The van der Waals surface area contributed by atoms with Crippen molar-refractivity contribution in [3.8, 4) is 0 Å². The van der Waals surface area contributed by atoms with E-state index in [0.717, 1.165) is 16.7 Å². The Morgan fingerprint density at radius 1 is 0.905 bits per heavy atom. The van der Waals surface area contributed by atoms with Crippen molar-refractivity contribution in [2.45, 2.75) is 40.7 Å². The third kappa shape index (κ3) is 3.52. The minimum absolute atomic E-state index is 0.00184. The molecule has 0 saturated carbocycles. The van der Waals surface area contributed by atoms with E-state index in [2.05, 4.69) is 37.4 Å². The van der Waals surface area contributed by atoms with Crippen molar-refractivity contribution >= 4 is 5.91 Å². The van der Waals surface area contributed by atoms with Crippen LogP contribution in [0.25, 0.3) is 0 Å². The van der Waals surface area contributed by atoms with E-state index in [1.807, 2.05) is 39.0 Å². The van der Waals surface area contributed by atoms with Crippen molar-refractivity contribution in [1.29, 1.82) is 0 Å². The smallest absolute Gasteiger partial charge is 0.252 e. The second kappa shape index (κ2) is 6.13. The van der Waals surface area contributed by atoms with Crippen molar-refractivity contribution < 1.29 is 4.79 Å². The fourth-order valence-corrected chi connectivity index (χ4v) is 2.64. The molecule has 0 saturated heterocycles. The Bertz CT molecular complexity index is 673. The van der Waals surface area contributed by atoms with E-state index in [1.54, 1.807) is 0 Å². The third-order valence-corrected chi connectivity index (χ3v) is 3.88. The van der Waals surface area contributed by atoms with Crippen molar-refractivity contribution in [2.75, 3.05) is 0 Å². The van der Waals surface area contributed by atoms with Gasteiger partial charge in [-0.05, 0) is 57.4 Å². The molecule has 2 heteroatoms. The van der Waals surface area contributed by atoms with Crippen LogP contribution in [0.5, 0.6) is 0 Å². The van der Waals surface area contributed by atoms with Gasteiger partial charge in [-0.15, -0.1) is 0 Å². The molecule has 2 aromatic rings. The van der Waals surface area contributed by atoms with Crippen LogP contribution in [0.2, 0.25) is 0 Å². The number of nitrogens with one attached hydrogen (secondary N) is 1. The number of benzene rings is 2. The fraction of sp³-hybridized carbons (Fsp3) is 0.316. The monoisotopic (exact) mass is 281 g/mol. The van der Waals surface area contributed by atoms with Gasteiger partial charge < -0.3 is 5.32 Å². The predicted octanol–water partition coefficient (Wildman–Crippen LogP) is 4.41. The van der Waals surface area contributed by atoms with Gasteiger partial charge in [-0.3, -0.25) is 4.79 Å². The number of aryl methyl sites for hydroxylation is 4. The van der Waals surface area contributed by atoms with Crippen molar-refractivity contribution in [1.82, 2.24) is 5.32 Å². The van der Waals surface area contributed by atoms with E-state index in [-0.39, 0.29) is 11.9 Å². The maximum atomic E-state index is 12.5. The summed E-state index contributed by atoms with van der Waals surface area (Å²) in [5.74, 6) is -0.0105.